The van der Waals surface area contributed by atoms with E-state index in [2.05, 4.69) is 37.2 Å². The third kappa shape index (κ3) is 5.02. The summed E-state index contributed by atoms with van der Waals surface area (Å²) in [4.78, 5) is 14.8. The number of nitrogens with one attached hydrogen (secondary N) is 1. The van der Waals surface area contributed by atoms with Crippen LogP contribution < -0.4 is 5.32 Å². The Morgan fingerprint density at radius 1 is 1.32 bits per heavy atom. The monoisotopic (exact) mass is 362 g/mol. The number of aromatic nitrogens is 2. The molecule has 0 unspecified atom stereocenters. The van der Waals surface area contributed by atoms with Crippen LogP contribution in [0.4, 0.5) is 0 Å². The molecule has 3 heterocycles. The van der Waals surface area contributed by atoms with E-state index in [1.54, 1.807) is 11.3 Å². The van der Waals surface area contributed by atoms with Crippen LogP contribution in [0.25, 0.3) is 0 Å². The normalized spacial score (nSPS) is 16.4. The van der Waals surface area contributed by atoms with Crippen LogP contribution in [-0.4, -0.2) is 65.7 Å². The first-order valence-corrected chi connectivity index (χ1v) is 9.47. The quantitative estimate of drug-likeness (QED) is 0.645. The Hall–Kier alpha value is -1.93. The smallest absolute Gasteiger partial charge is 0.193 e. The number of piperazine rings is 1. The Morgan fingerprint density at radius 3 is 2.72 bits per heavy atom. The van der Waals surface area contributed by atoms with E-state index >= 15 is 0 Å². The van der Waals surface area contributed by atoms with Gasteiger partial charge in [0.1, 0.15) is 5.76 Å². The summed E-state index contributed by atoms with van der Waals surface area (Å²) in [5.74, 6) is 1.85. The summed E-state index contributed by atoms with van der Waals surface area (Å²) >= 11 is 1.76. The topological polar surface area (TPSA) is 69.8 Å². The molecular weight excluding hydrogens is 336 g/mol. The SMILES string of the molecule is CN=C(NCCc1ncc(C)s1)N1CCN(Cc2cc(C)on2)CC1. The maximum atomic E-state index is 5.14. The number of aliphatic imine (C=N–C) groups is 1. The lowest BCUT2D eigenvalue weighted by Gasteiger charge is -2.36. The van der Waals surface area contributed by atoms with Crippen LogP contribution >= 0.6 is 11.3 Å². The molecule has 0 aliphatic carbocycles. The van der Waals surface area contributed by atoms with Gasteiger partial charge in [-0.3, -0.25) is 9.89 Å². The average Bonchev–Trinajstić information content (AvgIpc) is 3.21. The third-order valence-electron chi connectivity index (χ3n) is 4.24. The van der Waals surface area contributed by atoms with Crippen LogP contribution in [0.2, 0.25) is 0 Å². The van der Waals surface area contributed by atoms with Gasteiger partial charge in [0.05, 0.1) is 10.7 Å². The predicted molar refractivity (Wildman–Crippen MR) is 100 cm³/mol. The van der Waals surface area contributed by atoms with Crippen molar-refractivity contribution >= 4 is 17.3 Å². The number of nitrogens with zero attached hydrogens (tertiary/aromatic N) is 5. The van der Waals surface area contributed by atoms with E-state index in [9.17, 15) is 0 Å². The Balaban J connectivity index is 1.42. The van der Waals surface area contributed by atoms with Crippen LogP contribution in [0.1, 0.15) is 21.3 Å². The highest BCUT2D eigenvalue weighted by Gasteiger charge is 2.20. The molecule has 0 bridgehead atoms. The molecule has 2 aromatic rings. The number of hydrogen-bond donors (Lipinski definition) is 1. The molecule has 7 nitrogen and oxygen atoms in total. The Morgan fingerprint density at radius 2 is 2.12 bits per heavy atom. The molecule has 1 aliphatic rings. The van der Waals surface area contributed by atoms with Gasteiger partial charge in [-0.15, -0.1) is 11.3 Å². The summed E-state index contributed by atoms with van der Waals surface area (Å²) in [6.45, 7) is 9.65. The lowest BCUT2D eigenvalue weighted by atomic mass is 10.3. The van der Waals surface area contributed by atoms with Crippen molar-refractivity contribution in [2.24, 2.45) is 4.99 Å². The molecule has 1 N–H and O–H groups in total. The van der Waals surface area contributed by atoms with Gasteiger partial charge < -0.3 is 14.7 Å². The zero-order valence-electron chi connectivity index (χ0n) is 15.2. The van der Waals surface area contributed by atoms with Gasteiger partial charge in [-0.1, -0.05) is 5.16 Å². The maximum Gasteiger partial charge on any atom is 0.193 e. The van der Waals surface area contributed by atoms with E-state index in [0.717, 1.165) is 63.1 Å². The molecular formula is C17H26N6OS. The highest BCUT2D eigenvalue weighted by molar-refractivity contribution is 7.11. The zero-order valence-corrected chi connectivity index (χ0v) is 16.0. The Labute approximate surface area is 152 Å². The Bertz CT molecular complexity index is 702. The maximum absolute atomic E-state index is 5.14. The van der Waals surface area contributed by atoms with E-state index in [4.69, 9.17) is 4.52 Å². The predicted octanol–water partition coefficient (Wildman–Crippen LogP) is 1.68. The first-order valence-electron chi connectivity index (χ1n) is 8.65. The summed E-state index contributed by atoms with van der Waals surface area (Å²) in [6, 6.07) is 2.01. The van der Waals surface area contributed by atoms with Crippen molar-refractivity contribution in [3.05, 3.63) is 33.6 Å². The van der Waals surface area contributed by atoms with Crippen molar-refractivity contribution in [2.75, 3.05) is 39.8 Å². The summed E-state index contributed by atoms with van der Waals surface area (Å²) in [6.07, 6.45) is 2.87. The van der Waals surface area contributed by atoms with Gasteiger partial charge in [0.15, 0.2) is 5.96 Å². The molecule has 136 valence electrons. The molecule has 0 amide bonds. The number of hydrogen-bond acceptors (Lipinski definition) is 6. The van der Waals surface area contributed by atoms with Gasteiger partial charge in [-0.2, -0.15) is 0 Å². The van der Waals surface area contributed by atoms with Crippen molar-refractivity contribution in [2.45, 2.75) is 26.8 Å². The molecule has 0 atom stereocenters. The molecule has 3 rings (SSSR count). The van der Waals surface area contributed by atoms with Gasteiger partial charge in [0, 0.05) is 69.9 Å². The zero-order chi connectivity index (χ0) is 17.6. The fourth-order valence-electron chi connectivity index (χ4n) is 2.97. The highest BCUT2D eigenvalue weighted by Crippen LogP contribution is 2.11. The second-order valence-electron chi connectivity index (χ2n) is 6.28. The van der Waals surface area contributed by atoms with Crippen molar-refractivity contribution in [1.29, 1.82) is 0 Å². The van der Waals surface area contributed by atoms with E-state index < -0.39 is 0 Å². The summed E-state index contributed by atoms with van der Waals surface area (Å²) in [7, 11) is 1.85. The molecule has 25 heavy (non-hydrogen) atoms. The molecule has 1 saturated heterocycles. The van der Waals surface area contributed by atoms with Gasteiger partial charge in [-0.25, -0.2) is 4.98 Å². The number of thiazole rings is 1. The third-order valence-corrected chi connectivity index (χ3v) is 5.21. The minimum atomic E-state index is 0.848. The van der Waals surface area contributed by atoms with Crippen LogP contribution in [-0.2, 0) is 13.0 Å². The van der Waals surface area contributed by atoms with Gasteiger partial charge in [0.2, 0.25) is 0 Å². The molecule has 1 fully saturated rings. The van der Waals surface area contributed by atoms with Crippen molar-refractivity contribution in [3.8, 4) is 0 Å². The lowest BCUT2D eigenvalue weighted by Crippen LogP contribution is -2.52. The van der Waals surface area contributed by atoms with Gasteiger partial charge >= 0.3 is 0 Å². The second kappa shape index (κ2) is 8.44. The molecule has 1 aliphatic heterocycles. The number of rotatable bonds is 5. The second-order valence-corrected chi connectivity index (χ2v) is 7.60. The molecule has 0 spiro atoms. The Kier molecular flexibility index (Phi) is 6.04. The first-order chi connectivity index (χ1) is 12.1. The number of guanidine groups is 1. The first kappa shape index (κ1) is 17.9. The summed E-state index contributed by atoms with van der Waals surface area (Å²) < 4.78 is 5.14. The largest absolute Gasteiger partial charge is 0.361 e. The van der Waals surface area contributed by atoms with E-state index in [-0.39, 0.29) is 0 Å². The molecule has 2 aromatic heterocycles. The molecule has 8 heteroatoms. The number of aryl methyl sites for hydroxylation is 2. The van der Waals surface area contributed by atoms with E-state index in [1.165, 1.54) is 9.88 Å². The van der Waals surface area contributed by atoms with Gasteiger partial charge in [-0.05, 0) is 13.8 Å². The minimum absolute atomic E-state index is 0.848. The van der Waals surface area contributed by atoms with Crippen LogP contribution in [0, 0.1) is 13.8 Å². The van der Waals surface area contributed by atoms with Crippen molar-refractivity contribution < 1.29 is 4.52 Å². The fraction of sp³-hybridized carbons (Fsp3) is 0.588. The van der Waals surface area contributed by atoms with Crippen molar-refractivity contribution in [1.82, 2.24) is 25.3 Å². The van der Waals surface area contributed by atoms with Crippen molar-refractivity contribution in [3.63, 3.8) is 0 Å². The molecule has 0 radical (unpaired) electrons. The van der Waals surface area contributed by atoms with Crippen LogP contribution in [0.5, 0.6) is 0 Å². The summed E-state index contributed by atoms with van der Waals surface area (Å²) in [5.41, 5.74) is 1.01. The van der Waals surface area contributed by atoms with Crippen LogP contribution in [0.3, 0.4) is 0 Å². The fourth-order valence-corrected chi connectivity index (χ4v) is 3.76. The average molecular weight is 363 g/mol. The highest BCUT2D eigenvalue weighted by atomic mass is 32.1. The van der Waals surface area contributed by atoms with Crippen LogP contribution in [0.15, 0.2) is 21.8 Å². The lowest BCUT2D eigenvalue weighted by molar-refractivity contribution is 0.169. The van der Waals surface area contributed by atoms with E-state index in [0.29, 0.717) is 0 Å². The van der Waals surface area contributed by atoms with E-state index in [1.807, 2.05) is 26.2 Å². The molecule has 0 aromatic carbocycles. The molecule has 0 saturated carbocycles. The minimum Gasteiger partial charge on any atom is -0.361 e. The standard InChI is InChI=1S/C17H26N6OS/c1-13-10-15(21-24-13)12-22-6-8-23(9-7-22)17(18-3)19-5-4-16-20-11-14(2)25-16/h10-11H,4-9,12H2,1-3H3,(H,18,19). The summed E-state index contributed by atoms with van der Waals surface area (Å²) in [5, 5.41) is 8.72. The van der Waals surface area contributed by atoms with Gasteiger partial charge in [0.25, 0.3) is 0 Å².